The molecule has 1 aliphatic heterocycles. The molecular weight excluding hydrogens is 290 g/mol. The minimum absolute atomic E-state index is 0.114. The van der Waals surface area contributed by atoms with E-state index in [1.165, 1.54) is 0 Å². The first-order valence-corrected chi connectivity index (χ1v) is 7.47. The molecule has 1 atom stereocenters. The van der Waals surface area contributed by atoms with Gasteiger partial charge in [-0.05, 0) is 49.4 Å². The van der Waals surface area contributed by atoms with Gasteiger partial charge in [0.25, 0.3) is 0 Å². The van der Waals surface area contributed by atoms with Gasteiger partial charge < -0.3 is 15.4 Å². The number of guanidine groups is 1. The molecule has 0 aromatic heterocycles. The number of carbonyl (C=O) groups is 1. The molecule has 0 amide bonds. The van der Waals surface area contributed by atoms with Crippen LogP contribution in [0.25, 0.3) is 0 Å². The third-order valence-corrected chi connectivity index (χ3v) is 3.91. The van der Waals surface area contributed by atoms with E-state index in [1.807, 2.05) is 4.90 Å². The standard InChI is InChI=1S/C15H20ClN3O2/c16-12-4-6-13(7-5-12)21-14(20)8-3-11-2-1-9-19(10-11)15(17)18/h4-7,11H,1-3,8-10H2,(H3,17,18). The lowest BCUT2D eigenvalue weighted by Gasteiger charge is -2.32. The molecular formula is C15H20ClN3O2. The molecule has 1 unspecified atom stereocenters. The lowest BCUT2D eigenvalue weighted by molar-refractivity contribution is -0.134. The summed E-state index contributed by atoms with van der Waals surface area (Å²) in [6.45, 7) is 1.59. The normalized spacial score (nSPS) is 18.3. The summed E-state index contributed by atoms with van der Waals surface area (Å²) in [5.41, 5.74) is 5.51. The Morgan fingerprint density at radius 3 is 2.81 bits per heavy atom. The Kier molecular flexibility index (Phi) is 5.44. The molecule has 3 N–H and O–H groups in total. The van der Waals surface area contributed by atoms with Crippen molar-refractivity contribution in [3.05, 3.63) is 29.3 Å². The van der Waals surface area contributed by atoms with Crippen LogP contribution in [-0.2, 0) is 4.79 Å². The zero-order valence-electron chi connectivity index (χ0n) is 11.8. The van der Waals surface area contributed by atoms with Crippen molar-refractivity contribution >= 4 is 23.5 Å². The van der Waals surface area contributed by atoms with Crippen LogP contribution in [0, 0.1) is 11.3 Å². The van der Waals surface area contributed by atoms with Gasteiger partial charge in [0.2, 0.25) is 0 Å². The van der Waals surface area contributed by atoms with E-state index in [0.29, 0.717) is 23.1 Å². The summed E-state index contributed by atoms with van der Waals surface area (Å²) in [5, 5.41) is 8.07. The summed E-state index contributed by atoms with van der Waals surface area (Å²) in [7, 11) is 0. The first kappa shape index (κ1) is 15.6. The van der Waals surface area contributed by atoms with Crippen molar-refractivity contribution in [2.75, 3.05) is 13.1 Å². The summed E-state index contributed by atoms with van der Waals surface area (Å²) in [5.74, 6) is 0.777. The largest absolute Gasteiger partial charge is 0.427 e. The highest BCUT2D eigenvalue weighted by Gasteiger charge is 2.21. The van der Waals surface area contributed by atoms with Gasteiger partial charge in [-0.25, -0.2) is 0 Å². The van der Waals surface area contributed by atoms with Gasteiger partial charge in [-0.1, -0.05) is 11.6 Å². The predicted octanol–water partition coefficient (Wildman–Crippen LogP) is 2.63. The topological polar surface area (TPSA) is 79.4 Å². The SMILES string of the molecule is N=C(N)N1CCCC(CCC(=O)Oc2ccc(Cl)cc2)C1. The number of nitrogens with two attached hydrogens (primary N) is 1. The van der Waals surface area contributed by atoms with E-state index >= 15 is 0 Å². The van der Waals surface area contributed by atoms with Crippen LogP contribution >= 0.6 is 11.6 Å². The molecule has 0 radical (unpaired) electrons. The molecule has 1 fully saturated rings. The maximum atomic E-state index is 11.8. The van der Waals surface area contributed by atoms with Crippen LogP contribution in [0.15, 0.2) is 24.3 Å². The summed E-state index contributed by atoms with van der Waals surface area (Å²) in [6.07, 6.45) is 3.21. The van der Waals surface area contributed by atoms with Crippen molar-refractivity contribution in [3.63, 3.8) is 0 Å². The Morgan fingerprint density at radius 1 is 1.43 bits per heavy atom. The number of nitrogens with one attached hydrogen (secondary N) is 1. The molecule has 1 saturated heterocycles. The number of piperidine rings is 1. The highest BCUT2D eigenvalue weighted by Crippen LogP contribution is 2.22. The molecule has 6 heteroatoms. The first-order valence-electron chi connectivity index (χ1n) is 7.10. The Hall–Kier alpha value is -1.75. The van der Waals surface area contributed by atoms with E-state index in [0.717, 1.165) is 32.4 Å². The number of likely N-dealkylation sites (tertiary alicyclic amines) is 1. The van der Waals surface area contributed by atoms with Crippen LogP contribution in [0.5, 0.6) is 5.75 Å². The lowest BCUT2D eigenvalue weighted by Crippen LogP contribution is -2.43. The summed E-state index contributed by atoms with van der Waals surface area (Å²) < 4.78 is 5.26. The number of nitrogens with zero attached hydrogens (tertiary/aromatic N) is 1. The zero-order chi connectivity index (χ0) is 15.2. The first-order chi connectivity index (χ1) is 10.0. The molecule has 0 saturated carbocycles. The quantitative estimate of drug-likeness (QED) is 0.388. The number of benzene rings is 1. The van der Waals surface area contributed by atoms with Gasteiger partial charge in [0.05, 0.1) is 0 Å². The number of esters is 1. The second-order valence-corrected chi connectivity index (χ2v) is 5.74. The second kappa shape index (κ2) is 7.31. The monoisotopic (exact) mass is 309 g/mol. The fraction of sp³-hybridized carbons (Fsp3) is 0.467. The summed E-state index contributed by atoms with van der Waals surface area (Å²) in [6, 6.07) is 6.74. The van der Waals surface area contributed by atoms with Crippen molar-refractivity contribution in [2.45, 2.75) is 25.7 Å². The van der Waals surface area contributed by atoms with E-state index in [-0.39, 0.29) is 11.9 Å². The Morgan fingerprint density at radius 2 is 2.14 bits per heavy atom. The smallest absolute Gasteiger partial charge is 0.311 e. The van der Waals surface area contributed by atoms with E-state index in [9.17, 15) is 4.79 Å². The van der Waals surface area contributed by atoms with Crippen molar-refractivity contribution < 1.29 is 9.53 Å². The van der Waals surface area contributed by atoms with Crippen LogP contribution in [-0.4, -0.2) is 29.9 Å². The number of hydrogen-bond donors (Lipinski definition) is 2. The molecule has 114 valence electrons. The van der Waals surface area contributed by atoms with E-state index < -0.39 is 0 Å². The average Bonchev–Trinajstić information content (AvgIpc) is 2.48. The van der Waals surface area contributed by atoms with Gasteiger partial charge in [-0.3, -0.25) is 10.2 Å². The highest BCUT2D eigenvalue weighted by atomic mass is 35.5. The maximum absolute atomic E-state index is 11.8. The molecule has 5 nitrogen and oxygen atoms in total. The number of halogens is 1. The van der Waals surface area contributed by atoms with Gasteiger partial charge in [-0.2, -0.15) is 0 Å². The highest BCUT2D eigenvalue weighted by molar-refractivity contribution is 6.30. The van der Waals surface area contributed by atoms with Crippen LogP contribution in [0.2, 0.25) is 5.02 Å². The average molecular weight is 310 g/mol. The van der Waals surface area contributed by atoms with E-state index in [1.54, 1.807) is 24.3 Å². The van der Waals surface area contributed by atoms with Crippen LogP contribution < -0.4 is 10.5 Å². The predicted molar refractivity (Wildman–Crippen MR) is 82.5 cm³/mol. The van der Waals surface area contributed by atoms with Gasteiger partial charge in [0, 0.05) is 24.5 Å². The summed E-state index contributed by atoms with van der Waals surface area (Å²) in [4.78, 5) is 13.7. The van der Waals surface area contributed by atoms with Crippen molar-refractivity contribution in [2.24, 2.45) is 11.7 Å². The Balaban J connectivity index is 1.76. The van der Waals surface area contributed by atoms with E-state index in [2.05, 4.69) is 0 Å². The third kappa shape index (κ3) is 4.93. The minimum Gasteiger partial charge on any atom is -0.427 e. The fourth-order valence-electron chi connectivity index (χ4n) is 2.53. The van der Waals surface area contributed by atoms with Crippen molar-refractivity contribution in [1.29, 1.82) is 5.41 Å². The second-order valence-electron chi connectivity index (χ2n) is 5.31. The Bertz CT molecular complexity index is 504. The molecule has 0 bridgehead atoms. The van der Waals surface area contributed by atoms with Gasteiger partial charge in [-0.15, -0.1) is 0 Å². The van der Waals surface area contributed by atoms with Crippen LogP contribution in [0.1, 0.15) is 25.7 Å². The lowest BCUT2D eigenvalue weighted by atomic mass is 9.93. The van der Waals surface area contributed by atoms with Crippen LogP contribution in [0.3, 0.4) is 0 Å². The van der Waals surface area contributed by atoms with Crippen LogP contribution in [0.4, 0.5) is 0 Å². The minimum atomic E-state index is -0.239. The van der Waals surface area contributed by atoms with Crippen molar-refractivity contribution in [1.82, 2.24) is 4.90 Å². The van der Waals surface area contributed by atoms with Gasteiger partial charge in [0.1, 0.15) is 5.75 Å². The molecule has 0 aliphatic carbocycles. The molecule has 1 heterocycles. The number of carbonyl (C=O) groups excluding carboxylic acids is 1. The fourth-order valence-corrected chi connectivity index (χ4v) is 2.65. The van der Waals surface area contributed by atoms with Crippen molar-refractivity contribution in [3.8, 4) is 5.75 Å². The molecule has 1 aliphatic rings. The number of hydrogen-bond acceptors (Lipinski definition) is 3. The van der Waals surface area contributed by atoms with E-state index in [4.69, 9.17) is 27.5 Å². The molecule has 0 spiro atoms. The van der Waals surface area contributed by atoms with Gasteiger partial charge in [0.15, 0.2) is 5.96 Å². The molecule has 1 aromatic rings. The molecule has 21 heavy (non-hydrogen) atoms. The Labute approximate surface area is 129 Å². The maximum Gasteiger partial charge on any atom is 0.311 e. The molecule has 2 rings (SSSR count). The zero-order valence-corrected chi connectivity index (χ0v) is 12.6. The number of rotatable bonds is 4. The van der Waals surface area contributed by atoms with Gasteiger partial charge >= 0.3 is 5.97 Å². The molecule has 1 aromatic carbocycles. The third-order valence-electron chi connectivity index (χ3n) is 3.66. The number of ether oxygens (including phenoxy) is 1. The summed E-state index contributed by atoms with van der Waals surface area (Å²) >= 11 is 5.78.